The smallest absolute Gasteiger partial charge is 0.279 e. The van der Waals surface area contributed by atoms with Gasteiger partial charge in [0.1, 0.15) is 0 Å². The first kappa shape index (κ1) is 16.2. The molecule has 0 saturated heterocycles. The highest BCUT2D eigenvalue weighted by atomic mass is 32.2. The molecule has 124 valence electrons. The van der Waals surface area contributed by atoms with Crippen LogP contribution in [0.25, 0.3) is 5.57 Å². The number of nitrogens with zero attached hydrogens (tertiary/aromatic N) is 1. The minimum atomic E-state index is -4.06. The summed E-state index contributed by atoms with van der Waals surface area (Å²) in [5.74, 6) is 0. The lowest BCUT2D eigenvalue weighted by atomic mass is 9.99. The molecule has 0 fully saturated rings. The predicted molar refractivity (Wildman–Crippen MR) is 92.4 cm³/mol. The Labute approximate surface area is 140 Å². The summed E-state index contributed by atoms with van der Waals surface area (Å²) in [5.41, 5.74) is 4.14. The van der Waals surface area contributed by atoms with Crippen LogP contribution in [0.4, 0.5) is 11.4 Å². The summed E-state index contributed by atoms with van der Waals surface area (Å²) in [7, 11) is -4.06. The van der Waals surface area contributed by atoms with Crippen LogP contribution in [0.3, 0.4) is 0 Å². The molecule has 0 saturated carbocycles. The highest BCUT2D eigenvalue weighted by Crippen LogP contribution is 2.36. The number of hydrogen-bond acceptors (Lipinski definition) is 4. The van der Waals surface area contributed by atoms with Crippen molar-refractivity contribution in [3.8, 4) is 0 Å². The van der Waals surface area contributed by atoms with E-state index in [1.54, 1.807) is 6.07 Å². The lowest BCUT2D eigenvalue weighted by Gasteiger charge is -2.14. The van der Waals surface area contributed by atoms with Crippen molar-refractivity contribution in [1.82, 2.24) is 0 Å². The van der Waals surface area contributed by atoms with Crippen LogP contribution in [0.15, 0.2) is 47.4 Å². The van der Waals surface area contributed by atoms with Crippen molar-refractivity contribution < 1.29 is 13.3 Å². The van der Waals surface area contributed by atoms with Crippen LogP contribution >= 0.6 is 0 Å². The van der Waals surface area contributed by atoms with E-state index in [4.69, 9.17) is 0 Å². The van der Waals surface area contributed by atoms with E-state index >= 15 is 0 Å². The SMILES string of the molecule is CC1=CCc2c(NS(=O)(=O)c3ccccc3[N+](=O)[O-])ccc(C)c21. The van der Waals surface area contributed by atoms with Crippen LogP contribution in [0, 0.1) is 17.0 Å². The molecule has 0 atom stereocenters. The molecule has 0 bridgehead atoms. The second kappa shape index (κ2) is 5.76. The number of nitrogens with one attached hydrogen (secondary N) is 1. The predicted octanol–water partition coefficient (Wildman–Crippen LogP) is 3.66. The van der Waals surface area contributed by atoms with E-state index in [1.165, 1.54) is 24.3 Å². The number of benzene rings is 2. The number of rotatable bonds is 4. The van der Waals surface area contributed by atoms with Gasteiger partial charge in [0.25, 0.3) is 15.7 Å². The summed E-state index contributed by atoms with van der Waals surface area (Å²) in [5, 5.41) is 11.1. The number of fused-ring (bicyclic) bond motifs is 1. The summed E-state index contributed by atoms with van der Waals surface area (Å²) >= 11 is 0. The molecule has 0 heterocycles. The fourth-order valence-corrected chi connectivity index (χ4v) is 4.28. The van der Waals surface area contributed by atoms with E-state index in [0.717, 1.165) is 22.3 Å². The third-order valence-corrected chi connectivity index (χ3v) is 5.54. The van der Waals surface area contributed by atoms with Gasteiger partial charge in [0, 0.05) is 6.07 Å². The fraction of sp³-hybridized carbons (Fsp3) is 0.176. The van der Waals surface area contributed by atoms with Crippen molar-refractivity contribution in [2.24, 2.45) is 0 Å². The van der Waals surface area contributed by atoms with E-state index in [2.05, 4.69) is 4.72 Å². The molecule has 0 radical (unpaired) electrons. The molecule has 0 amide bonds. The summed E-state index contributed by atoms with van der Waals surface area (Å²) in [6, 6.07) is 8.87. The number of aryl methyl sites for hydroxylation is 1. The largest absolute Gasteiger partial charge is 0.289 e. The van der Waals surface area contributed by atoms with Crippen molar-refractivity contribution in [2.45, 2.75) is 25.2 Å². The number of sulfonamides is 1. The van der Waals surface area contributed by atoms with E-state index < -0.39 is 20.6 Å². The summed E-state index contributed by atoms with van der Waals surface area (Å²) in [6.07, 6.45) is 2.68. The van der Waals surface area contributed by atoms with Crippen molar-refractivity contribution >= 4 is 27.0 Å². The molecule has 0 aromatic heterocycles. The maximum Gasteiger partial charge on any atom is 0.289 e. The van der Waals surface area contributed by atoms with E-state index in [9.17, 15) is 18.5 Å². The van der Waals surface area contributed by atoms with Crippen molar-refractivity contribution in [3.05, 3.63) is 69.3 Å². The molecule has 0 unspecified atom stereocenters. The fourth-order valence-electron chi connectivity index (χ4n) is 3.01. The average molecular weight is 344 g/mol. The van der Waals surface area contributed by atoms with Gasteiger partial charge < -0.3 is 0 Å². The molecule has 0 aliphatic heterocycles. The van der Waals surface area contributed by atoms with Gasteiger partial charge in [-0.05, 0) is 54.7 Å². The Balaban J connectivity index is 2.06. The third kappa shape index (κ3) is 2.67. The number of nitro groups is 1. The lowest BCUT2D eigenvalue weighted by Crippen LogP contribution is -2.16. The Morgan fingerprint density at radius 3 is 2.54 bits per heavy atom. The molecule has 2 aromatic rings. The molecule has 1 aliphatic rings. The van der Waals surface area contributed by atoms with E-state index in [1.807, 2.05) is 26.0 Å². The highest BCUT2D eigenvalue weighted by Gasteiger charge is 2.27. The maximum absolute atomic E-state index is 12.7. The normalized spacial score (nSPS) is 13.3. The molecule has 0 spiro atoms. The van der Waals surface area contributed by atoms with Gasteiger partial charge in [0.05, 0.1) is 10.6 Å². The minimum Gasteiger partial charge on any atom is -0.279 e. The van der Waals surface area contributed by atoms with E-state index in [0.29, 0.717) is 12.1 Å². The first-order valence-electron chi connectivity index (χ1n) is 7.37. The Kier molecular flexibility index (Phi) is 3.88. The molecule has 6 nitrogen and oxygen atoms in total. The number of para-hydroxylation sites is 1. The molecule has 1 aliphatic carbocycles. The Morgan fingerprint density at radius 2 is 1.83 bits per heavy atom. The summed E-state index contributed by atoms with van der Waals surface area (Å²) in [4.78, 5) is 10.1. The monoisotopic (exact) mass is 344 g/mol. The second-order valence-electron chi connectivity index (χ2n) is 5.71. The van der Waals surface area contributed by atoms with Gasteiger partial charge in [-0.2, -0.15) is 0 Å². The van der Waals surface area contributed by atoms with Crippen LogP contribution in [-0.2, 0) is 16.4 Å². The maximum atomic E-state index is 12.7. The number of hydrogen-bond donors (Lipinski definition) is 1. The van der Waals surface area contributed by atoms with Gasteiger partial charge in [-0.15, -0.1) is 0 Å². The van der Waals surface area contributed by atoms with Crippen LogP contribution in [-0.4, -0.2) is 13.3 Å². The minimum absolute atomic E-state index is 0.341. The van der Waals surface area contributed by atoms with Gasteiger partial charge in [-0.1, -0.05) is 24.3 Å². The zero-order chi connectivity index (χ0) is 17.5. The molecule has 2 aromatic carbocycles. The first-order valence-corrected chi connectivity index (χ1v) is 8.85. The zero-order valence-corrected chi connectivity index (χ0v) is 14.1. The topological polar surface area (TPSA) is 89.3 Å². The quantitative estimate of drug-likeness (QED) is 0.677. The van der Waals surface area contributed by atoms with Gasteiger partial charge in [0.15, 0.2) is 4.90 Å². The average Bonchev–Trinajstić information content (AvgIpc) is 2.93. The summed E-state index contributed by atoms with van der Waals surface area (Å²) in [6.45, 7) is 3.96. The Hall–Kier alpha value is -2.67. The second-order valence-corrected chi connectivity index (χ2v) is 7.36. The molecule has 1 N–H and O–H groups in total. The number of nitro benzene ring substituents is 1. The standard InChI is InChI=1S/C17H16N2O4S/c1-11-7-9-13-14(10-8-12(2)17(11)13)18-24(22,23)16-6-4-3-5-15(16)19(20)21/h3-8,10,18H,9H2,1-2H3. The lowest BCUT2D eigenvalue weighted by molar-refractivity contribution is -0.387. The van der Waals surface area contributed by atoms with E-state index in [-0.39, 0.29) is 4.90 Å². The first-order chi connectivity index (χ1) is 11.3. The van der Waals surface area contributed by atoms with Crippen LogP contribution < -0.4 is 4.72 Å². The number of allylic oxidation sites excluding steroid dienone is 2. The molecule has 24 heavy (non-hydrogen) atoms. The van der Waals surface area contributed by atoms with Gasteiger partial charge in [0.2, 0.25) is 0 Å². The summed E-state index contributed by atoms with van der Waals surface area (Å²) < 4.78 is 27.8. The van der Waals surface area contributed by atoms with Gasteiger partial charge >= 0.3 is 0 Å². The molecule has 3 rings (SSSR count). The molecular weight excluding hydrogens is 328 g/mol. The Morgan fingerprint density at radius 1 is 1.12 bits per heavy atom. The van der Waals surface area contributed by atoms with Gasteiger partial charge in [-0.3, -0.25) is 14.8 Å². The van der Waals surface area contributed by atoms with Crippen LogP contribution in [0.1, 0.15) is 23.6 Å². The Bertz CT molecular complexity index is 978. The third-order valence-electron chi connectivity index (χ3n) is 4.12. The highest BCUT2D eigenvalue weighted by molar-refractivity contribution is 7.92. The van der Waals surface area contributed by atoms with Crippen molar-refractivity contribution in [1.29, 1.82) is 0 Å². The molecule has 7 heteroatoms. The number of anilines is 1. The van der Waals surface area contributed by atoms with Crippen molar-refractivity contribution in [2.75, 3.05) is 4.72 Å². The van der Waals surface area contributed by atoms with Crippen LogP contribution in [0.2, 0.25) is 0 Å². The van der Waals surface area contributed by atoms with Crippen LogP contribution in [0.5, 0.6) is 0 Å². The zero-order valence-electron chi connectivity index (χ0n) is 13.2. The van der Waals surface area contributed by atoms with Gasteiger partial charge in [-0.25, -0.2) is 8.42 Å². The molecular formula is C17H16N2O4S. The van der Waals surface area contributed by atoms with Crippen molar-refractivity contribution in [3.63, 3.8) is 0 Å².